The third-order valence-corrected chi connectivity index (χ3v) is 3.36. The molecule has 1 heterocycles. The molecule has 0 amide bonds. The number of rotatable bonds is 7. The molecule has 0 aliphatic carbocycles. The van der Waals surface area contributed by atoms with Crippen LogP contribution in [0.1, 0.15) is 25.4 Å². The minimum Gasteiger partial charge on any atom is -0.473 e. The lowest BCUT2D eigenvalue weighted by Gasteiger charge is -2.16. The molecule has 0 atom stereocenters. The summed E-state index contributed by atoms with van der Waals surface area (Å²) >= 11 is 0. The van der Waals surface area contributed by atoms with Crippen molar-refractivity contribution >= 4 is 10.9 Å². The molecule has 4 heteroatoms. The number of aryl methyl sites for hydroxylation is 1. The molecular formula is C18H23N3O. The van der Waals surface area contributed by atoms with Gasteiger partial charge < -0.3 is 4.74 Å². The van der Waals surface area contributed by atoms with Crippen molar-refractivity contribution in [3.8, 4) is 0 Å². The van der Waals surface area contributed by atoms with E-state index in [0.29, 0.717) is 6.54 Å². The van der Waals surface area contributed by atoms with E-state index in [1.807, 2.05) is 25.1 Å². The molecule has 0 saturated carbocycles. The van der Waals surface area contributed by atoms with Gasteiger partial charge in [0.2, 0.25) is 0 Å². The molecule has 0 radical (unpaired) electrons. The summed E-state index contributed by atoms with van der Waals surface area (Å²) in [5.74, 6) is 0.857. The number of nitrogens with zero attached hydrogens (tertiary/aromatic N) is 3. The number of ether oxygens (including phenoxy) is 1. The Kier molecular flexibility index (Phi) is 5.67. The molecule has 1 aromatic heterocycles. The van der Waals surface area contributed by atoms with Crippen LogP contribution in [-0.4, -0.2) is 28.5 Å². The molecule has 0 unspecified atom stereocenters. The first kappa shape index (κ1) is 16.2. The van der Waals surface area contributed by atoms with Crippen LogP contribution in [0.15, 0.2) is 48.9 Å². The van der Waals surface area contributed by atoms with E-state index < -0.39 is 0 Å². The van der Waals surface area contributed by atoms with Crippen LogP contribution in [0.4, 0.5) is 0 Å². The molecule has 116 valence electrons. The Hall–Kier alpha value is -2.20. The van der Waals surface area contributed by atoms with Crippen molar-refractivity contribution in [3.05, 3.63) is 60.5 Å². The van der Waals surface area contributed by atoms with Gasteiger partial charge in [0, 0.05) is 11.9 Å². The van der Waals surface area contributed by atoms with Gasteiger partial charge in [0.15, 0.2) is 0 Å². The van der Waals surface area contributed by atoms with Gasteiger partial charge in [-0.15, -0.1) is 0 Å². The number of hydrogen-bond acceptors (Lipinski definition) is 4. The third kappa shape index (κ3) is 4.15. The Morgan fingerprint density at radius 1 is 1.32 bits per heavy atom. The summed E-state index contributed by atoms with van der Waals surface area (Å²) < 4.78 is 5.08. The number of aromatic nitrogens is 2. The van der Waals surface area contributed by atoms with Gasteiger partial charge in [-0.05, 0) is 32.0 Å². The largest absolute Gasteiger partial charge is 0.473 e. The maximum Gasteiger partial charge on any atom is 0.143 e. The molecule has 0 N–H and O–H groups in total. The van der Waals surface area contributed by atoms with E-state index in [4.69, 9.17) is 9.72 Å². The van der Waals surface area contributed by atoms with E-state index in [1.165, 1.54) is 6.26 Å². The van der Waals surface area contributed by atoms with E-state index in [0.717, 1.165) is 41.0 Å². The molecule has 0 saturated heterocycles. The van der Waals surface area contributed by atoms with Crippen LogP contribution < -0.4 is 0 Å². The lowest BCUT2D eigenvalue weighted by atomic mass is 10.1. The van der Waals surface area contributed by atoms with Crippen molar-refractivity contribution in [1.29, 1.82) is 0 Å². The SMILES string of the molecule is C=CO/C=C(\C)CN(C)Cc1nc(CC)c2ccccc2n1. The van der Waals surface area contributed by atoms with Crippen molar-refractivity contribution in [2.24, 2.45) is 0 Å². The van der Waals surface area contributed by atoms with Gasteiger partial charge >= 0.3 is 0 Å². The summed E-state index contributed by atoms with van der Waals surface area (Å²) in [6.45, 7) is 9.18. The molecule has 22 heavy (non-hydrogen) atoms. The van der Waals surface area contributed by atoms with Gasteiger partial charge in [0.05, 0.1) is 30.3 Å². The first-order chi connectivity index (χ1) is 10.6. The van der Waals surface area contributed by atoms with E-state index in [9.17, 15) is 0 Å². The van der Waals surface area contributed by atoms with Crippen molar-refractivity contribution in [1.82, 2.24) is 14.9 Å². The van der Waals surface area contributed by atoms with Crippen molar-refractivity contribution < 1.29 is 4.74 Å². The minimum absolute atomic E-state index is 0.705. The highest BCUT2D eigenvalue weighted by molar-refractivity contribution is 5.80. The van der Waals surface area contributed by atoms with Gasteiger partial charge in [-0.1, -0.05) is 31.7 Å². The van der Waals surface area contributed by atoms with E-state index in [1.54, 1.807) is 6.26 Å². The first-order valence-electron chi connectivity index (χ1n) is 7.49. The topological polar surface area (TPSA) is 38.2 Å². The summed E-state index contributed by atoms with van der Waals surface area (Å²) in [7, 11) is 2.05. The summed E-state index contributed by atoms with van der Waals surface area (Å²) in [4.78, 5) is 11.6. The fraction of sp³-hybridized carbons (Fsp3) is 0.333. The predicted molar refractivity (Wildman–Crippen MR) is 90.3 cm³/mol. The molecule has 0 fully saturated rings. The molecular weight excluding hydrogens is 274 g/mol. The van der Waals surface area contributed by atoms with Gasteiger partial charge in [-0.25, -0.2) is 9.97 Å². The fourth-order valence-electron chi connectivity index (χ4n) is 2.46. The van der Waals surface area contributed by atoms with E-state index in [2.05, 4.69) is 36.5 Å². The second-order valence-corrected chi connectivity index (χ2v) is 5.40. The van der Waals surface area contributed by atoms with Gasteiger partial charge in [-0.3, -0.25) is 4.90 Å². The number of likely N-dealkylation sites (N-methyl/N-ethyl adjacent to an activating group) is 1. The maximum absolute atomic E-state index is 5.08. The molecule has 0 aliphatic rings. The Bertz CT molecular complexity index is 679. The van der Waals surface area contributed by atoms with Crippen LogP contribution >= 0.6 is 0 Å². The Labute approximate surface area is 132 Å². The van der Waals surface area contributed by atoms with Crippen LogP contribution in [0.3, 0.4) is 0 Å². The predicted octanol–water partition coefficient (Wildman–Crippen LogP) is 3.69. The average Bonchev–Trinajstić information content (AvgIpc) is 2.51. The lowest BCUT2D eigenvalue weighted by molar-refractivity contribution is 0.334. The second-order valence-electron chi connectivity index (χ2n) is 5.40. The minimum atomic E-state index is 0.705. The van der Waals surface area contributed by atoms with E-state index in [-0.39, 0.29) is 0 Å². The summed E-state index contributed by atoms with van der Waals surface area (Å²) in [6.07, 6.45) is 4.04. The van der Waals surface area contributed by atoms with Gasteiger partial charge in [0.25, 0.3) is 0 Å². The molecule has 0 bridgehead atoms. The Morgan fingerprint density at radius 3 is 2.82 bits per heavy atom. The summed E-state index contributed by atoms with van der Waals surface area (Å²) in [5.41, 5.74) is 3.25. The lowest BCUT2D eigenvalue weighted by Crippen LogP contribution is -2.21. The number of fused-ring (bicyclic) bond motifs is 1. The fourth-order valence-corrected chi connectivity index (χ4v) is 2.46. The molecule has 0 aliphatic heterocycles. The molecule has 2 aromatic rings. The molecule has 1 aromatic carbocycles. The van der Waals surface area contributed by atoms with Crippen molar-refractivity contribution in [3.63, 3.8) is 0 Å². The smallest absolute Gasteiger partial charge is 0.143 e. The number of hydrogen-bond donors (Lipinski definition) is 0. The highest BCUT2D eigenvalue weighted by Crippen LogP contribution is 2.16. The maximum atomic E-state index is 5.08. The normalized spacial score (nSPS) is 11.9. The number of para-hydroxylation sites is 1. The van der Waals surface area contributed by atoms with Crippen LogP contribution in [-0.2, 0) is 17.7 Å². The Balaban J connectivity index is 2.15. The number of benzene rings is 1. The van der Waals surface area contributed by atoms with Crippen LogP contribution in [0.25, 0.3) is 10.9 Å². The monoisotopic (exact) mass is 297 g/mol. The van der Waals surface area contributed by atoms with Gasteiger partial charge in [0.1, 0.15) is 5.82 Å². The van der Waals surface area contributed by atoms with Crippen LogP contribution in [0.5, 0.6) is 0 Å². The van der Waals surface area contributed by atoms with Crippen molar-refractivity contribution in [2.75, 3.05) is 13.6 Å². The molecule has 2 rings (SSSR count). The van der Waals surface area contributed by atoms with Crippen molar-refractivity contribution in [2.45, 2.75) is 26.8 Å². The first-order valence-corrected chi connectivity index (χ1v) is 7.49. The Morgan fingerprint density at radius 2 is 2.09 bits per heavy atom. The summed E-state index contributed by atoms with van der Waals surface area (Å²) in [5, 5.41) is 1.15. The zero-order chi connectivity index (χ0) is 15.9. The van der Waals surface area contributed by atoms with Crippen LogP contribution in [0, 0.1) is 0 Å². The second kappa shape index (κ2) is 7.71. The highest BCUT2D eigenvalue weighted by atomic mass is 16.5. The highest BCUT2D eigenvalue weighted by Gasteiger charge is 2.08. The van der Waals surface area contributed by atoms with Gasteiger partial charge in [-0.2, -0.15) is 0 Å². The molecule has 4 nitrogen and oxygen atoms in total. The average molecular weight is 297 g/mol. The van der Waals surface area contributed by atoms with Crippen LogP contribution in [0.2, 0.25) is 0 Å². The summed E-state index contributed by atoms with van der Waals surface area (Å²) in [6, 6.07) is 8.18. The zero-order valence-corrected chi connectivity index (χ0v) is 13.5. The molecule has 0 spiro atoms. The third-order valence-electron chi connectivity index (χ3n) is 3.36. The van der Waals surface area contributed by atoms with E-state index >= 15 is 0 Å². The zero-order valence-electron chi connectivity index (χ0n) is 13.5. The quantitative estimate of drug-likeness (QED) is 0.731. The standard InChI is InChI=1S/C18H23N3O/c1-5-16-15-9-7-8-10-17(15)20-18(19-16)12-21(4)11-14(3)13-22-6-2/h6-10,13H,2,5,11-12H2,1,3-4H3/b14-13+.